The number of hydrogen-bond acceptors (Lipinski definition) is 3. The quantitative estimate of drug-likeness (QED) is 0.156. The van der Waals surface area contributed by atoms with Gasteiger partial charge in [0.15, 0.2) is 5.78 Å². The van der Waals surface area contributed by atoms with Gasteiger partial charge in [-0.05, 0) is 47.4 Å². The molecule has 0 aliphatic heterocycles. The number of rotatable bonds is 6. The number of nitrogens with zero attached hydrogens (tertiary/aromatic N) is 1. The Balaban J connectivity index is 0.000000334. The second kappa shape index (κ2) is 14.7. The van der Waals surface area contributed by atoms with E-state index in [-0.39, 0.29) is 48.6 Å². The van der Waals surface area contributed by atoms with Gasteiger partial charge in [0, 0.05) is 43.4 Å². The maximum Gasteiger partial charge on any atom is 0.161 e. The summed E-state index contributed by atoms with van der Waals surface area (Å²) in [7, 11) is 0. The van der Waals surface area contributed by atoms with Crippen molar-refractivity contribution in [3.05, 3.63) is 77.1 Å². The van der Waals surface area contributed by atoms with Gasteiger partial charge in [-0.1, -0.05) is 106 Å². The van der Waals surface area contributed by atoms with Gasteiger partial charge in [0.25, 0.3) is 0 Å². The number of hydrogen-bond donors (Lipinski definition) is 1. The average molecular weight is 733 g/mol. The second-order valence-electron chi connectivity index (χ2n) is 13.5. The molecule has 0 spiro atoms. The van der Waals surface area contributed by atoms with Crippen molar-refractivity contribution in [1.82, 2.24) is 4.98 Å². The number of aromatic nitrogens is 1. The first kappa shape index (κ1) is 34.9. The Morgan fingerprint density at radius 1 is 1.05 bits per heavy atom. The molecule has 1 N–H and O–H groups in total. The molecular formula is C37H50IrNO2-. The summed E-state index contributed by atoms with van der Waals surface area (Å²) in [6.45, 7) is 19.4. The summed E-state index contributed by atoms with van der Waals surface area (Å²) >= 11 is 0. The van der Waals surface area contributed by atoms with Crippen molar-refractivity contribution in [3.63, 3.8) is 0 Å². The third kappa shape index (κ3) is 9.35. The predicted octanol–water partition coefficient (Wildman–Crippen LogP) is 10.2. The first-order valence-corrected chi connectivity index (χ1v) is 15.1. The normalized spacial score (nSPS) is 14.8. The van der Waals surface area contributed by atoms with Crippen molar-refractivity contribution in [2.45, 2.75) is 112 Å². The van der Waals surface area contributed by atoms with Crippen LogP contribution in [0.5, 0.6) is 0 Å². The van der Waals surface area contributed by atoms with Gasteiger partial charge in [-0.3, -0.25) is 9.78 Å². The first-order valence-electron chi connectivity index (χ1n) is 15.1. The minimum Gasteiger partial charge on any atom is -0.512 e. The Labute approximate surface area is 262 Å². The molecule has 2 aromatic carbocycles. The first-order chi connectivity index (χ1) is 18.7. The van der Waals surface area contributed by atoms with Crippen molar-refractivity contribution in [1.29, 1.82) is 0 Å². The number of carbonyl (C=O) groups is 1. The molecule has 4 rings (SSSR count). The molecule has 1 saturated carbocycles. The molecule has 4 heteroatoms. The van der Waals surface area contributed by atoms with E-state index in [4.69, 9.17) is 4.98 Å². The zero-order chi connectivity index (χ0) is 29.7. The fourth-order valence-electron chi connectivity index (χ4n) is 5.20. The summed E-state index contributed by atoms with van der Waals surface area (Å²) < 4.78 is 0. The zero-order valence-corrected chi connectivity index (χ0v) is 29.0. The van der Waals surface area contributed by atoms with Crippen LogP contribution in [0, 0.1) is 24.8 Å². The van der Waals surface area contributed by atoms with Crippen LogP contribution in [-0.2, 0) is 35.7 Å². The van der Waals surface area contributed by atoms with E-state index in [1.165, 1.54) is 41.9 Å². The van der Waals surface area contributed by atoms with Gasteiger partial charge in [0.05, 0.1) is 11.3 Å². The maximum atomic E-state index is 11.4. The van der Waals surface area contributed by atoms with Gasteiger partial charge >= 0.3 is 0 Å². The summed E-state index contributed by atoms with van der Waals surface area (Å²) in [4.78, 5) is 16.3. The Morgan fingerprint density at radius 2 is 1.71 bits per heavy atom. The number of ketones is 1. The summed E-state index contributed by atoms with van der Waals surface area (Å²) in [5.74, 6) is 0.573. The van der Waals surface area contributed by atoms with Crippen molar-refractivity contribution in [2.24, 2.45) is 11.8 Å². The standard InChI is InChI=1S/C25H30N.C12H20O2.Ir/c1-8-25(6,7)21-10-9-11-23-20(21)12-13-22(26-23)18-14-17(2)15-19(16-18)24(3,4)5;1-9(2)11(13)8-12(14)10-6-4-3-5-7-10;/h9-13,15-16H,8H2,1-7H3;8-10,14H,3-7H2,1-2H3;/q-1;;/b;12-8-;. The Morgan fingerprint density at radius 3 is 2.29 bits per heavy atom. The van der Waals surface area contributed by atoms with E-state index >= 15 is 0 Å². The molecule has 1 aliphatic rings. The summed E-state index contributed by atoms with van der Waals surface area (Å²) in [5, 5.41) is 11.0. The molecule has 0 unspecified atom stereocenters. The third-order valence-corrected chi connectivity index (χ3v) is 8.37. The Hall–Kier alpha value is -2.29. The molecule has 1 fully saturated rings. The van der Waals surface area contributed by atoms with E-state index in [9.17, 15) is 9.90 Å². The van der Waals surface area contributed by atoms with Crippen molar-refractivity contribution >= 4 is 16.7 Å². The molecule has 0 bridgehead atoms. The minimum atomic E-state index is -0.0132. The Bertz CT molecular complexity index is 1340. The van der Waals surface area contributed by atoms with Gasteiger partial charge in [-0.15, -0.1) is 34.9 Å². The number of pyridine rings is 1. The number of benzene rings is 2. The molecule has 225 valence electrons. The summed E-state index contributed by atoms with van der Waals surface area (Å²) in [6, 6.07) is 18.8. The van der Waals surface area contributed by atoms with Gasteiger partial charge in [-0.25, -0.2) is 0 Å². The van der Waals surface area contributed by atoms with Crippen LogP contribution in [-0.4, -0.2) is 15.9 Å². The molecule has 3 aromatic rings. The van der Waals surface area contributed by atoms with Gasteiger partial charge in [0.1, 0.15) is 0 Å². The number of aryl methyl sites for hydroxylation is 1. The molecule has 1 aliphatic carbocycles. The summed E-state index contributed by atoms with van der Waals surface area (Å²) in [6.07, 6.45) is 8.23. The van der Waals surface area contributed by atoms with Crippen LogP contribution in [0.2, 0.25) is 0 Å². The zero-order valence-electron chi connectivity index (χ0n) is 26.7. The molecule has 1 radical (unpaired) electrons. The van der Waals surface area contributed by atoms with Crippen molar-refractivity contribution in [2.75, 3.05) is 0 Å². The van der Waals surface area contributed by atoms with E-state index in [0.29, 0.717) is 5.76 Å². The number of fused-ring (bicyclic) bond motifs is 1. The van der Waals surface area contributed by atoms with Gasteiger partial charge < -0.3 is 5.11 Å². The molecule has 1 heterocycles. The molecule has 0 saturated heterocycles. The van der Waals surface area contributed by atoms with Crippen LogP contribution >= 0.6 is 0 Å². The van der Waals surface area contributed by atoms with Crippen molar-refractivity contribution < 1.29 is 30.0 Å². The van der Waals surface area contributed by atoms with Crippen LogP contribution < -0.4 is 0 Å². The number of carbonyl (C=O) groups excluding carboxylic acids is 1. The predicted molar refractivity (Wildman–Crippen MR) is 170 cm³/mol. The number of aliphatic hydroxyl groups is 1. The minimum absolute atomic E-state index is 0. The van der Waals surface area contributed by atoms with E-state index in [1.807, 2.05) is 13.8 Å². The number of allylic oxidation sites excluding steroid dienone is 2. The Kier molecular flexibility index (Phi) is 12.6. The molecule has 41 heavy (non-hydrogen) atoms. The van der Waals surface area contributed by atoms with E-state index in [2.05, 4.69) is 97.0 Å². The molecular weight excluding hydrogens is 683 g/mol. The maximum absolute atomic E-state index is 11.4. The fourth-order valence-corrected chi connectivity index (χ4v) is 5.20. The SMILES string of the molecule is CC(C)C(=O)/C=C(\O)C1CCCCC1.CCC(C)(C)c1cccc2nc(-c3[c-]c(C)cc(C(C)(C)C)c3)ccc12.[Ir]. The number of aliphatic hydroxyl groups excluding tert-OH is 1. The second-order valence-corrected chi connectivity index (χ2v) is 13.5. The largest absolute Gasteiger partial charge is 0.512 e. The third-order valence-electron chi connectivity index (χ3n) is 8.37. The molecule has 0 amide bonds. The molecule has 0 atom stereocenters. The monoisotopic (exact) mass is 733 g/mol. The van der Waals surface area contributed by atoms with Crippen molar-refractivity contribution in [3.8, 4) is 11.3 Å². The van der Waals surface area contributed by atoms with Gasteiger partial charge in [-0.2, -0.15) is 0 Å². The van der Waals surface area contributed by atoms with Crippen LogP contribution in [0.25, 0.3) is 22.2 Å². The molecule has 1 aromatic heterocycles. The van der Waals surface area contributed by atoms with Gasteiger partial charge in [0.2, 0.25) is 0 Å². The van der Waals surface area contributed by atoms with E-state index in [0.717, 1.165) is 41.6 Å². The smallest absolute Gasteiger partial charge is 0.161 e. The summed E-state index contributed by atoms with van der Waals surface area (Å²) in [5.41, 5.74) is 7.27. The fraction of sp³-hybridized carbons (Fsp3) is 0.514. The van der Waals surface area contributed by atoms with Crippen LogP contribution in [0.4, 0.5) is 0 Å². The topological polar surface area (TPSA) is 50.2 Å². The van der Waals surface area contributed by atoms with E-state index in [1.54, 1.807) is 0 Å². The van der Waals surface area contributed by atoms with E-state index < -0.39 is 0 Å². The van der Waals surface area contributed by atoms with Crippen LogP contribution in [0.3, 0.4) is 0 Å². The van der Waals surface area contributed by atoms with Crippen LogP contribution in [0.1, 0.15) is 111 Å². The van der Waals surface area contributed by atoms with Crippen LogP contribution in [0.15, 0.2) is 54.3 Å². The molecule has 3 nitrogen and oxygen atoms in total. The average Bonchev–Trinajstić information content (AvgIpc) is 2.92.